The maximum absolute atomic E-state index is 13.3. The first kappa shape index (κ1) is 20.9. The molecule has 1 unspecified atom stereocenters. The molecule has 8 nitrogen and oxygen atoms in total. The number of nitro benzene ring substituents is 1. The lowest BCUT2D eigenvalue weighted by atomic mass is 10.0. The predicted octanol–water partition coefficient (Wildman–Crippen LogP) is 2.77. The summed E-state index contributed by atoms with van der Waals surface area (Å²) in [6.45, 7) is 3.69. The second-order valence-electron chi connectivity index (χ2n) is 6.67. The fourth-order valence-electron chi connectivity index (χ4n) is 3.35. The van der Waals surface area contributed by atoms with E-state index in [0.717, 1.165) is 4.88 Å². The summed E-state index contributed by atoms with van der Waals surface area (Å²) in [4.78, 5) is 42.3. The SMILES string of the molecule is CCOC(=O)C1=C(C)N=c2s/c(=C/c3ccc([N+](=O)[O-])cc3)c(=O)n2C1c1cccs1. The minimum Gasteiger partial charge on any atom is -0.463 e. The van der Waals surface area contributed by atoms with Crippen molar-refractivity contribution in [2.75, 3.05) is 6.61 Å². The number of aromatic nitrogens is 1. The molecular weight excluding hydrogens is 438 g/mol. The first-order valence-electron chi connectivity index (χ1n) is 9.38. The van der Waals surface area contributed by atoms with Gasteiger partial charge in [-0.05, 0) is 49.1 Å². The van der Waals surface area contributed by atoms with Gasteiger partial charge >= 0.3 is 5.97 Å². The van der Waals surface area contributed by atoms with Gasteiger partial charge in [0.15, 0.2) is 4.80 Å². The van der Waals surface area contributed by atoms with E-state index < -0.39 is 16.9 Å². The van der Waals surface area contributed by atoms with Gasteiger partial charge in [0.1, 0.15) is 6.04 Å². The van der Waals surface area contributed by atoms with E-state index in [2.05, 4.69) is 4.99 Å². The van der Waals surface area contributed by atoms with Crippen molar-refractivity contribution in [2.45, 2.75) is 19.9 Å². The molecule has 31 heavy (non-hydrogen) atoms. The number of nitrogens with zero attached hydrogens (tertiary/aromatic N) is 3. The Balaban J connectivity index is 1.88. The summed E-state index contributed by atoms with van der Waals surface area (Å²) in [6, 6.07) is 9.08. The number of thiophene rings is 1. The molecule has 0 fully saturated rings. The second-order valence-corrected chi connectivity index (χ2v) is 8.65. The van der Waals surface area contributed by atoms with Crippen LogP contribution in [0.3, 0.4) is 0 Å². The van der Waals surface area contributed by atoms with Gasteiger partial charge in [0.2, 0.25) is 0 Å². The van der Waals surface area contributed by atoms with E-state index in [9.17, 15) is 19.7 Å². The lowest BCUT2D eigenvalue weighted by Gasteiger charge is -2.23. The van der Waals surface area contributed by atoms with Crippen LogP contribution in [-0.4, -0.2) is 22.1 Å². The lowest BCUT2D eigenvalue weighted by Crippen LogP contribution is -2.39. The van der Waals surface area contributed by atoms with Gasteiger partial charge in [-0.1, -0.05) is 17.4 Å². The monoisotopic (exact) mass is 455 g/mol. The zero-order valence-electron chi connectivity index (χ0n) is 16.6. The van der Waals surface area contributed by atoms with Gasteiger partial charge in [-0.3, -0.25) is 19.5 Å². The highest BCUT2D eigenvalue weighted by atomic mass is 32.1. The number of hydrogen-bond donors (Lipinski definition) is 0. The molecule has 1 atom stereocenters. The van der Waals surface area contributed by atoms with Crippen LogP contribution < -0.4 is 14.9 Å². The Bertz CT molecular complexity index is 1370. The Kier molecular flexibility index (Phi) is 5.66. The number of non-ortho nitro benzene ring substituents is 1. The van der Waals surface area contributed by atoms with Gasteiger partial charge in [-0.15, -0.1) is 11.3 Å². The van der Waals surface area contributed by atoms with Crippen LogP contribution in [0.4, 0.5) is 5.69 Å². The minimum absolute atomic E-state index is 0.0222. The largest absolute Gasteiger partial charge is 0.463 e. The van der Waals surface area contributed by atoms with Crippen LogP contribution in [-0.2, 0) is 9.53 Å². The number of allylic oxidation sites excluding steroid dienone is 1. The zero-order valence-corrected chi connectivity index (χ0v) is 18.2. The van der Waals surface area contributed by atoms with Crippen molar-refractivity contribution in [2.24, 2.45) is 4.99 Å². The van der Waals surface area contributed by atoms with Crippen LogP contribution in [0.1, 0.15) is 30.3 Å². The van der Waals surface area contributed by atoms with Gasteiger partial charge < -0.3 is 4.74 Å². The average molecular weight is 456 g/mol. The molecule has 1 aliphatic rings. The second kappa shape index (κ2) is 8.40. The van der Waals surface area contributed by atoms with Crippen molar-refractivity contribution < 1.29 is 14.5 Å². The first-order valence-corrected chi connectivity index (χ1v) is 11.1. The van der Waals surface area contributed by atoms with Crippen LogP contribution in [0.25, 0.3) is 6.08 Å². The van der Waals surface area contributed by atoms with Crippen molar-refractivity contribution in [3.8, 4) is 0 Å². The number of esters is 1. The summed E-state index contributed by atoms with van der Waals surface area (Å²) >= 11 is 2.66. The van der Waals surface area contributed by atoms with E-state index in [0.29, 0.717) is 26.2 Å². The molecule has 4 rings (SSSR count). The van der Waals surface area contributed by atoms with E-state index in [1.165, 1.54) is 39.4 Å². The molecule has 0 N–H and O–H groups in total. The molecule has 3 aromatic rings. The molecule has 1 aliphatic heterocycles. The lowest BCUT2D eigenvalue weighted by molar-refractivity contribution is -0.384. The van der Waals surface area contributed by atoms with Gasteiger partial charge in [-0.2, -0.15) is 0 Å². The molecule has 158 valence electrons. The van der Waals surface area contributed by atoms with E-state index in [1.807, 2.05) is 17.5 Å². The molecule has 0 aliphatic carbocycles. The number of thiazole rings is 1. The summed E-state index contributed by atoms with van der Waals surface area (Å²) in [7, 11) is 0. The van der Waals surface area contributed by atoms with Crippen molar-refractivity contribution in [1.82, 2.24) is 4.57 Å². The van der Waals surface area contributed by atoms with Crippen LogP contribution in [0, 0.1) is 10.1 Å². The molecule has 3 heterocycles. The van der Waals surface area contributed by atoms with Crippen molar-refractivity contribution in [3.63, 3.8) is 0 Å². The smallest absolute Gasteiger partial charge is 0.338 e. The molecule has 0 saturated carbocycles. The Labute approximate surface area is 184 Å². The Morgan fingerprint density at radius 2 is 2.06 bits per heavy atom. The average Bonchev–Trinajstić information content (AvgIpc) is 3.36. The fraction of sp³-hybridized carbons (Fsp3) is 0.190. The molecule has 0 radical (unpaired) electrons. The Morgan fingerprint density at radius 3 is 2.68 bits per heavy atom. The third-order valence-corrected chi connectivity index (χ3v) is 6.64. The first-order chi connectivity index (χ1) is 14.9. The molecule has 0 spiro atoms. The molecule has 0 bridgehead atoms. The predicted molar refractivity (Wildman–Crippen MR) is 118 cm³/mol. The number of carbonyl (C=O) groups is 1. The van der Waals surface area contributed by atoms with Gasteiger partial charge in [-0.25, -0.2) is 9.79 Å². The van der Waals surface area contributed by atoms with Gasteiger partial charge in [0.05, 0.1) is 27.3 Å². The van der Waals surface area contributed by atoms with E-state index in [-0.39, 0.29) is 17.9 Å². The van der Waals surface area contributed by atoms with Crippen molar-refractivity contribution in [3.05, 3.63) is 93.3 Å². The summed E-state index contributed by atoms with van der Waals surface area (Å²) < 4.78 is 7.18. The number of benzene rings is 1. The van der Waals surface area contributed by atoms with Crippen LogP contribution in [0.2, 0.25) is 0 Å². The highest BCUT2D eigenvalue weighted by Crippen LogP contribution is 2.33. The molecule has 10 heteroatoms. The summed E-state index contributed by atoms with van der Waals surface area (Å²) in [5.74, 6) is -0.494. The van der Waals surface area contributed by atoms with Gasteiger partial charge in [0, 0.05) is 17.0 Å². The fourth-order valence-corrected chi connectivity index (χ4v) is 5.22. The normalized spacial score (nSPS) is 16.1. The summed E-state index contributed by atoms with van der Waals surface area (Å²) in [5, 5.41) is 12.7. The number of ether oxygens (including phenoxy) is 1. The number of hydrogen-bond acceptors (Lipinski definition) is 8. The summed E-state index contributed by atoms with van der Waals surface area (Å²) in [5.41, 5.74) is 1.21. The molecule has 0 amide bonds. The molecule has 0 saturated heterocycles. The van der Waals surface area contributed by atoms with Crippen molar-refractivity contribution in [1.29, 1.82) is 0 Å². The molecule has 2 aromatic heterocycles. The Hall–Kier alpha value is -3.37. The third kappa shape index (κ3) is 3.87. The summed E-state index contributed by atoms with van der Waals surface area (Å²) in [6.07, 6.45) is 1.67. The van der Waals surface area contributed by atoms with Crippen molar-refractivity contribution >= 4 is 40.4 Å². The maximum Gasteiger partial charge on any atom is 0.338 e. The molecular formula is C21H17N3O5S2. The number of nitro groups is 1. The van der Waals surface area contributed by atoms with Crippen LogP contribution in [0.5, 0.6) is 0 Å². The number of fused-ring (bicyclic) bond motifs is 1. The quantitative estimate of drug-likeness (QED) is 0.334. The Morgan fingerprint density at radius 1 is 1.32 bits per heavy atom. The molecule has 1 aromatic carbocycles. The van der Waals surface area contributed by atoms with Gasteiger partial charge in [0.25, 0.3) is 11.2 Å². The standard InChI is InChI=1S/C21H17N3O5S2/c1-3-29-20(26)17-12(2)22-21-23(18(17)15-5-4-10-30-15)19(25)16(31-21)11-13-6-8-14(9-7-13)24(27)28/h4-11,18H,3H2,1-2H3/b16-11+. The minimum atomic E-state index is -0.616. The van der Waals surface area contributed by atoms with Crippen LogP contribution in [0.15, 0.2) is 62.8 Å². The van der Waals surface area contributed by atoms with Crippen LogP contribution >= 0.6 is 22.7 Å². The highest BCUT2D eigenvalue weighted by Gasteiger charge is 2.33. The van der Waals surface area contributed by atoms with E-state index in [4.69, 9.17) is 4.74 Å². The zero-order chi connectivity index (χ0) is 22.1. The highest BCUT2D eigenvalue weighted by molar-refractivity contribution is 7.10. The van der Waals surface area contributed by atoms with E-state index >= 15 is 0 Å². The topological polar surface area (TPSA) is 104 Å². The number of carbonyl (C=O) groups excluding carboxylic acids is 1. The third-order valence-electron chi connectivity index (χ3n) is 4.73. The number of rotatable bonds is 5. The maximum atomic E-state index is 13.3. The van der Waals surface area contributed by atoms with E-state index in [1.54, 1.807) is 32.1 Å².